The van der Waals surface area contributed by atoms with Crippen molar-refractivity contribution in [3.8, 4) is 0 Å². The molecule has 0 atom stereocenters. The smallest absolute Gasteiger partial charge is 0.337 e. The normalized spacial score (nSPS) is 9.20. The Bertz CT molecular complexity index is 301. The molecule has 0 bridgehead atoms. The van der Waals surface area contributed by atoms with Crippen LogP contribution in [0.5, 0.6) is 0 Å². The van der Waals surface area contributed by atoms with Crippen molar-refractivity contribution >= 4 is 18.4 Å². The first-order valence-corrected chi connectivity index (χ1v) is 4.34. The maximum atomic E-state index is 11.1. The highest BCUT2D eigenvalue weighted by molar-refractivity contribution is 5.89. The first kappa shape index (κ1) is 13.9. The maximum Gasteiger partial charge on any atom is 0.337 e. The third-order valence-corrected chi connectivity index (χ3v) is 1.84. The van der Waals surface area contributed by atoms with Gasteiger partial charge in [-0.25, -0.2) is 4.79 Å². The lowest BCUT2D eigenvalue weighted by Crippen LogP contribution is -2.26. The minimum Gasteiger partial charge on any atom is -0.465 e. The molecule has 0 aliphatic heterocycles. The zero-order chi connectivity index (χ0) is 10.4. The number of methoxy groups -OCH3 is 1. The summed E-state index contributed by atoms with van der Waals surface area (Å²) in [6, 6.07) is 7.27. The van der Waals surface area contributed by atoms with E-state index < -0.39 is 0 Å². The van der Waals surface area contributed by atoms with E-state index in [1.807, 2.05) is 19.2 Å². The number of halogens is 1. The average Bonchev–Trinajstić information content (AvgIpc) is 2.26. The molecule has 1 aromatic rings. The molecule has 0 heterocycles. The summed E-state index contributed by atoms with van der Waals surface area (Å²) in [4.78, 5) is 11.1. The van der Waals surface area contributed by atoms with Crippen LogP contribution in [0.4, 0.5) is 0 Å². The molecule has 0 aliphatic carbocycles. The van der Waals surface area contributed by atoms with Gasteiger partial charge in [-0.05, 0) is 24.7 Å². The molecule has 0 saturated carbocycles. The van der Waals surface area contributed by atoms with Gasteiger partial charge in [0.15, 0.2) is 0 Å². The fourth-order valence-corrected chi connectivity index (χ4v) is 1.07. The van der Waals surface area contributed by atoms with Crippen LogP contribution in [-0.2, 0) is 11.3 Å². The van der Waals surface area contributed by atoms with Gasteiger partial charge in [0.05, 0.1) is 12.7 Å². The Labute approximate surface area is 95.4 Å². The number of carbonyl (C=O) groups is 1. The molecule has 1 aromatic carbocycles. The predicted octanol–water partition coefficient (Wildman–Crippen LogP) is 1.12. The molecule has 0 amide bonds. The number of carbonyl (C=O) groups excluding carboxylic acids is 1. The summed E-state index contributed by atoms with van der Waals surface area (Å²) in [5.74, 6) is -0.307. The van der Waals surface area contributed by atoms with E-state index in [4.69, 9.17) is 0 Å². The largest absolute Gasteiger partial charge is 0.465 e. The van der Waals surface area contributed by atoms with E-state index >= 15 is 0 Å². The van der Waals surface area contributed by atoms with Crippen molar-refractivity contribution in [3.63, 3.8) is 0 Å². The SMILES string of the molecule is CNNCc1ccc(C(=O)OC)cc1.Cl. The molecule has 2 N–H and O–H groups in total. The highest BCUT2D eigenvalue weighted by atomic mass is 35.5. The maximum absolute atomic E-state index is 11.1. The van der Waals surface area contributed by atoms with Gasteiger partial charge in [0.2, 0.25) is 0 Å². The molecule has 15 heavy (non-hydrogen) atoms. The van der Waals surface area contributed by atoms with Crippen molar-refractivity contribution in [1.29, 1.82) is 0 Å². The van der Waals surface area contributed by atoms with Gasteiger partial charge in [-0.3, -0.25) is 10.9 Å². The first-order chi connectivity index (χ1) is 6.77. The van der Waals surface area contributed by atoms with Crippen LogP contribution in [0.25, 0.3) is 0 Å². The van der Waals surface area contributed by atoms with E-state index in [2.05, 4.69) is 15.6 Å². The van der Waals surface area contributed by atoms with E-state index in [-0.39, 0.29) is 18.4 Å². The van der Waals surface area contributed by atoms with Gasteiger partial charge in [-0.2, -0.15) is 0 Å². The molecule has 0 spiro atoms. The van der Waals surface area contributed by atoms with E-state index in [0.717, 1.165) is 12.1 Å². The van der Waals surface area contributed by atoms with Crippen LogP contribution in [0, 0.1) is 0 Å². The lowest BCUT2D eigenvalue weighted by atomic mass is 10.1. The van der Waals surface area contributed by atoms with Crippen molar-refractivity contribution in [1.82, 2.24) is 10.9 Å². The molecule has 0 saturated heterocycles. The summed E-state index contributed by atoms with van der Waals surface area (Å²) in [6.45, 7) is 0.720. The molecule has 0 radical (unpaired) electrons. The molecule has 4 nitrogen and oxygen atoms in total. The average molecular weight is 231 g/mol. The second-order valence-corrected chi connectivity index (χ2v) is 2.79. The number of hydrogen-bond donors (Lipinski definition) is 2. The molecule has 84 valence electrons. The Morgan fingerprint density at radius 1 is 1.33 bits per heavy atom. The Balaban J connectivity index is 0.00000196. The quantitative estimate of drug-likeness (QED) is 0.601. The second kappa shape index (κ2) is 7.23. The van der Waals surface area contributed by atoms with Gasteiger partial charge in [0, 0.05) is 6.54 Å². The van der Waals surface area contributed by atoms with Crippen molar-refractivity contribution in [2.24, 2.45) is 0 Å². The summed E-state index contributed by atoms with van der Waals surface area (Å²) in [6.07, 6.45) is 0. The van der Waals surface area contributed by atoms with Crippen LogP contribution in [0.2, 0.25) is 0 Å². The molecule has 5 heteroatoms. The van der Waals surface area contributed by atoms with Crippen LogP contribution in [0.1, 0.15) is 15.9 Å². The number of nitrogens with one attached hydrogen (secondary N) is 2. The van der Waals surface area contributed by atoms with Crippen LogP contribution in [-0.4, -0.2) is 20.1 Å². The molecule has 0 unspecified atom stereocenters. The highest BCUT2D eigenvalue weighted by Crippen LogP contribution is 2.05. The van der Waals surface area contributed by atoms with Gasteiger partial charge in [-0.15, -0.1) is 12.4 Å². The van der Waals surface area contributed by atoms with Gasteiger partial charge in [0.25, 0.3) is 0 Å². The Morgan fingerprint density at radius 2 is 1.93 bits per heavy atom. The van der Waals surface area contributed by atoms with Crippen molar-refractivity contribution < 1.29 is 9.53 Å². The summed E-state index contributed by atoms with van der Waals surface area (Å²) in [7, 11) is 3.18. The minimum atomic E-state index is -0.307. The fourth-order valence-electron chi connectivity index (χ4n) is 1.07. The van der Waals surface area contributed by atoms with E-state index in [0.29, 0.717) is 5.56 Å². The lowest BCUT2D eigenvalue weighted by Gasteiger charge is -2.03. The number of hydrogen-bond acceptors (Lipinski definition) is 4. The van der Waals surface area contributed by atoms with E-state index in [9.17, 15) is 4.79 Å². The topological polar surface area (TPSA) is 50.4 Å². The lowest BCUT2D eigenvalue weighted by molar-refractivity contribution is 0.0600. The molecular formula is C10H15ClN2O2. The zero-order valence-electron chi connectivity index (χ0n) is 8.74. The second-order valence-electron chi connectivity index (χ2n) is 2.79. The zero-order valence-corrected chi connectivity index (χ0v) is 9.56. The molecule has 0 aromatic heterocycles. The Hall–Kier alpha value is -1.10. The fraction of sp³-hybridized carbons (Fsp3) is 0.300. The Morgan fingerprint density at radius 3 is 2.40 bits per heavy atom. The van der Waals surface area contributed by atoms with Crippen LogP contribution in [0.3, 0.4) is 0 Å². The predicted molar refractivity (Wildman–Crippen MR) is 60.9 cm³/mol. The van der Waals surface area contributed by atoms with Crippen molar-refractivity contribution in [2.45, 2.75) is 6.54 Å². The highest BCUT2D eigenvalue weighted by Gasteiger charge is 2.03. The number of benzene rings is 1. The summed E-state index contributed by atoms with van der Waals surface area (Å²) in [5.41, 5.74) is 7.46. The summed E-state index contributed by atoms with van der Waals surface area (Å²) in [5, 5.41) is 0. The minimum absolute atomic E-state index is 0. The van der Waals surface area contributed by atoms with Crippen LogP contribution >= 0.6 is 12.4 Å². The van der Waals surface area contributed by atoms with Crippen LogP contribution < -0.4 is 10.9 Å². The monoisotopic (exact) mass is 230 g/mol. The Kier molecular flexibility index (Phi) is 6.70. The molecule has 1 rings (SSSR count). The van der Waals surface area contributed by atoms with Gasteiger partial charge < -0.3 is 4.74 Å². The third kappa shape index (κ3) is 4.29. The summed E-state index contributed by atoms with van der Waals surface area (Å²) >= 11 is 0. The molecular weight excluding hydrogens is 216 g/mol. The van der Waals surface area contributed by atoms with Crippen LogP contribution in [0.15, 0.2) is 24.3 Å². The van der Waals surface area contributed by atoms with Gasteiger partial charge in [-0.1, -0.05) is 12.1 Å². The molecule has 0 aliphatic rings. The summed E-state index contributed by atoms with van der Waals surface area (Å²) < 4.78 is 4.59. The first-order valence-electron chi connectivity index (χ1n) is 4.34. The number of esters is 1. The standard InChI is InChI=1S/C10H14N2O2.ClH/c1-11-12-7-8-3-5-9(6-4-8)10(13)14-2;/h3-6,11-12H,7H2,1-2H3;1H. The third-order valence-electron chi connectivity index (χ3n) is 1.84. The van der Waals surface area contributed by atoms with Gasteiger partial charge in [0.1, 0.15) is 0 Å². The number of ether oxygens (including phenoxy) is 1. The van der Waals surface area contributed by atoms with E-state index in [1.54, 1.807) is 12.1 Å². The number of rotatable bonds is 4. The van der Waals surface area contributed by atoms with Crippen molar-refractivity contribution in [2.75, 3.05) is 14.2 Å². The van der Waals surface area contributed by atoms with E-state index in [1.165, 1.54) is 7.11 Å². The number of hydrazine groups is 1. The van der Waals surface area contributed by atoms with Gasteiger partial charge >= 0.3 is 5.97 Å². The van der Waals surface area contributed by atoms with Crippen molar-refractivity contribution in [3.05, 3.63) is 35.4 Å². The molecule has 0 fully saturated rings.